The van der Waals surface area contributed by atoms with Crippen LogP contribution in [0.15, 0.2) is 30.3 Å². The Morgan fingerprint density at radius 2 is 1.47 bits per heavy atom. The molecule has 80 valence electrons. The monoisotopic (exact) mass is 226 g/mol. The zero-order valence-electron chi connectivity index (χ0n) is 8.47. The first-order valence-electron chi connectivity index (χ1n) is 4.21. The average molecular weight is 226 g/mol. The Morgan fingerprint density at radius 3 is 1.87 bits per heavy atom. The normalized spacial score (nSPS) is 9.80. The van der Waals surface area contributed by atoms with Gasteiger partial charge in [0.1, 0.15) is 0 Å². The van der Waals surface area contributed by atoms with Gasteiger partial charge >= 0.3 is 11.4 Å². The molecule has 5 heteroatoms. The molecule has 1 aromatic carbocycles. The molecule has 0 aliphatic carbocycles. The molecule has 0 spiro atoms. The Hall–Kier alpha value is -1.41. The van der Waals surface area contributed by atoms with E-state index < -0.39 is 19.3 Å². The predicted molar refractivity (Wildman–Crippen MR) is 57.8 cm³/mol. The summed E-state index contributed by atoms with van der Waals surface area (Å²) in [6, 6.07) is 8.75. The molecule has 0 fully saturated rings. The van der Waals surface area contributed by atoms with Gasteiger partial charge in [-0.3, -0.25) is 0 Å². The van der Waals surface area contributed by atoms with Crippen molar-refractivity contribution in [1.29, 1.82) is 0 Å². The van der Waals surface area contributed by atoms with E-state index in [-0.39, 0.29) is 0 Å². The first-order valence-corrected chi connectivity index (χ1v) is 5.56. The number of hydrogen-bond acceptors (Lipinski definition) is 4. The van der Waals surface area contributed by atoms with Gasteiger partial charge in [0.05, 0.1) is 14.2 Å². The second kappa shape index (κ2) is 5.47. The third kappa shape index (κ3) is 2.77. The maximum Gasteiger partial charge on any atom is 0.342 e. The average Bonchev–Trinajstić information content (AvgIpc) is 2.30. The van der Waals surface area contributed by atoms with Crippen molar-refractivity contribution in [3.8, 4) is 0 Å². The summed E-state index contributed by atoms with van der Waals surface area (Å²) in [7, 11) is 0.806. The molecular formula is C10H11O4P. The zero-order chi connectivity index (χ0) is 11.3. The lowest BCUT2D eigenvalue weighted by atomic mass is 10.4. The maximum atomic E-state index is 11.4. The van der Waals surface area contributed by atoms with Crippen molar-refractivity contribution >= 4 is 24.6 Å². The summed E-state index contributed by atoms with van der Waals surface area (Å²) in [5.41, 5.74) is -1.11. The smallest absolute Gasteiger partial charge is 0.342 e. The van der Waals surface area contributed by atoms with Gasteiger partial charge in [-0.25, -0.2) is 9.59 Å². The minimum Gasteiger partial charge on any atom is -0.465 e. The summed E-state index contributed by atoms with van der Waals surface area (Å²) in [6.07, 6.45) is 0. The Morgan fingerprint density at radius 1 is 1.00 bits per heavy atom. The van der Waals surface area contributed by atoms with Crippen molar-refractivity contribution < 1.29 is 19.1 Å². The Bertz CT molecular complexity index is 334. The van der Waals surface area contributed by atoms with Crippen molar-refractivity contribution in [1.82, 2.24) is 0 Å². The number of hydrogen-bond donors (Lipinski definition) is 0. The molecule has 0 radical (unpaired) electrons. The van der Waals surface area contributed by atoms with Gasteiger partial charge in [0.2, 0.25) is 0 Å². The Balaban J connectivity index is 3.02. The predicted octanol–water partition coefficient (Wildman–Crippen LogP) is 2.33. The molecule has 0 N–H and O–H groups in total. The molecular weight excluding hydrogens is 215 g/mol. The van der Waals surface area contributed by atoms with E-state index in [1.165, 1.54) is 14.2 Å². The van der Waals surface area contributed by atoms with Crippen LogP contribution in [0.2, 0.25) is 0 Å². The van der Waals surface area contributed by atoms with Crippen molar-refractivity contribution in [3.05, 3.63) is 30.3 Å². The largest absolute Gasteiger partial charge is 0.465 e. The fraction of sp³-hybridized carbons (Fsp3) is 0.200. The second-order valence-electron chi connectivity index (χ2n) is 2.61. The molecule has 0 atom stereocenters. The molecule has 4 nitrogen and oxygen atoms in total. The third-order valence-corrected chi connectivity index (χ3v) is 3.64. The maximum absolute atomic E-state index is 11.4. The third-order valence-electron chi connectivity index (χ3n) is 1.73. The lowest BCUT2D eigenvalue weighted by Gasteiger charge is -2.11. The minimum absolute atomic E-state index is 0.553. The van der Waals surface area contributed by atoms with E-state index >= 15 is 0 Å². The van der Waals surface area contributed by atoms with E-state index in [1.54, 1.807) is 24.3 Å². The molecule has 1 aromatic rings. The lowest BCUT2D eigenvalue weighted by Crippen LogP contribution is -2.15. The SMILES string of the molecule is COC(=O)P(C(=O)OC)c1ccccc1. The van der Waals surface area contributed by atoms with Gasteiger partial charge in [-0.15, -0.1) is 0 Å². The summed E-state index contributed by atoms with van der Waals surface area (Å²) in [4.78, 5) is 22.8. The summed E-state index contributed by atoms with van der Waals surface area (Å²) in [5.74, 6) is 0. The number of ether oxygens (including phenoxy) is 2. The topological polar surface area (TPSA) is 52.6 Å². The highest BCUT2D eigenvalue weighted by Gasteiger charge is 2.30. The van der Waals surface area contributed by atoms with E-state index in [9.17, 15) is 9.59 Å². The molecule has 0 bridgehead atoms. The van der Waals surface area contributed by atoms with E-state index in [0.29, 0.717) is 5.30 Å². The highest BCUT2D eigenvalue weighted by atomic mass is 31.1. The minimum atomic E-state index is -1.70. The summed E-state index contributed by atoms with van der Waals surface area (Å²) < 4.78 is 9.16. The van der Waals surface area contributed by atoms with Crippen molar-refractivity contribution in [2.24, 2.45) is 0 Å². The van der Waals surface area contributed by atoms with Crippen LogP contribution in [0.5, 0.6) is 0 Å². The lowest BCUT2D eigenvalue weighted by molar-refractivity contribution is 0.192. The van der Waals surface area contributed by atoms with Gasteiger partial charge < -0.3 is 9.47 Å². The fourth-order valence-corrected chi connectivity index (χ4v) is 2.45. The molecule has 15 heavy (non-hydrogen) atoms. The van der Waals surface area contributed by atoms with Crippen LogP contribution in [0.1, 0.15) is 0 Å². The van der Waals surface area contributed by atoms with Crippen LogP contribution in [-0.2, 0) is 9.47 Å². The highest BCUT2D eigenvalue weighted by Crippen LogP contribution is 2.38. The van der Waals surface area contributed by atoms with Crippen molar-refractivity contribution in [3.63, 3.8) is 0 Å². The summed E-state index contributed by atoms with van der Waals surface area (Å²) in [6.45, 7) is 0. The van der Waals surface area contributed by atoms with Gasteiger partial charge in [0, 0.05) is 0 Å². The summed E-state index contributed by atoms with van der Waals surface area (Å²) in [5, 5.41) is 0.631. The van der Waals surface area contributed by atoms with Crippen LogP contribution in [0.4, 0.5) is 9.59 Å². The van der Waals surface area contributed by atoms with Gasteiger partial charge in [-0.05, 0) is 5.30 Å². The van der Waals surface area contributed by atoms with Crippen LogP contribution in [0.3, 0.4) is 0 Å². The van der Waals surface area contributed by atoms with E-state index in [1.807, 2.05) is 6.07 Å². The van der Waals surface area contributed by atoms with Crippen LogP contribution < -0.4 is 5.30 Å². The molecule has 1 rings (SSSR count). The molecule has 0 aromatic heterocycles. The molecule has 0 aliphatic heterocycles. The number of carbonyl (C=O) groups excluding carboxylic acids is 2. The molecule has 0 amide bonds. The molecule has 0 aliphatic rings. The van der Waals surface area contributed by atoms with Gasteiger partial charge in [0.25, 0.3) is 0 Å². The quantitative estimate of drug-likeness (QED) is 0.742. The molecule has 0 heterocycles. The van der Waals surface area contributed by atoms with Gasteiger partial charge in [-0.2, -0.15) is 0 Å². The van der Waals surface area contributed by atoms with E-state index in [4.69, 9.17) is 0 Å². The van der Waals surface area contributed by atoms with Crippen LogP contribution >= 0.6 is 7.92 Å². The fourth-order valence-electron chi connectivity index (χ4n) is 1.04. The molecule has 0 saturated heterocycles. The van der Waals surface area contributed by atoms with Crippen molar-refractivity contribution in [2.45, 2.75) is 0 Å². The molecule has 0 unspecified atom stereocenters. The Kier molecular flexibility index (Phi) is 4.25. The number of benzene rings is 1. The summed E-state index contributed by atoms with van der Waals surface area (Å²) >= 11 is 0. The second-order valence-corrected chi connectivity index (χ2v) is 4.53. The number of rotatable bonds is 3. The Labute approximate surface area is 88.9 Å². The van der Waals surface area contributed by atoms with Gasteiger partial charge in [0.15, 0.2) is 7.92 Å². The van der Waals surface area contributed by atoms with Crippen LogP contribution in [-0.4, -0.2) is 25.6 Å². The highest BCUT2D eigenvalue weighted by molar-refractivity contribution is 7.94. The van der Waals surface area contributed by atoms with Crippen LogP contribution in [0, 0.1) is 0 Å². The van der Waals surface area contributed by atoms with Crippen LogP contribution in [0.25, 0.3) is 0 Å². The first-order chi connectivity index (χ1) is 7.20. The standard InChI is InChI=1S/C10H11O4P/c1-13-9(11)15(10(12)14-2)8-6-4-3-5-7-8/h3-7H,1-2H3. The zero-order valence-corrected chi connectivity index (χ0v) is 9.36. The number of methoxy groups -OCH3 is 2. The molecule has 0 saturated carbocycles. The van der Waals surface area contributed by atoms with Gasteiger partial charge in [-0.1, -0.05) is 30.3 Å². The number of carbonyl (C=O) groups is 2. The first kappa shape index (κ1) is 11.7. The van der Waals surface area contributed by atoms with E-state index in [0.717, 1.165) is 0 Å². The van der Waals surface area contributed by atoms with E-state index in [2.05, 4.69) is 9.47 Å². The van der Waals surface area contributed by atoms with Crippen molar-refractivity contribution in [2.75, 3.05) is 14.2 Å².